The second kappa shape index (κ2) is 7.94. The molecular formula is C21H16N2O4S. The van der Waals surface area contributed by atoms with Crippen LogP contribution < -0.4 is 9.64 Å². The lowest BCUT2D eigenvalue weighted by molar-refractivity contribution is 0.0991. The molecule has 0 atom stereocenters. The molecule has 140 valence electrons. The van der Waals surface area contributed by atoms with Crippen molar-refractivity contribution in [3.63, 3.8) is 0 Å². The largest absolute Gasteiger partial charge is 0.512 e. The van der Waals surface area contributed by atoms with Crippen LogP contribution in [0.5, 0.6) is 5.06 Å². The fraction of sp³-hybridized carbons (Fsp3) is 0.0952. The zero-order valence-corrected chi connectivity index (χ0v) is 16.0. The minimum atomic E-state index is -1.46. The first-order chi connectivity index (χ1) is 13.4. The first-order valence-electron chi connectivity index (χ1n) is 8.29. The van der Waals surface area contributed by atoms with E-state index in [1.54, 1.807) is 43.4 Å². The number of nitrogens with zero attached hydrogens (tertiary/aromatic N) is 2. The molecule has 0 aliphatic carbocycles. The van der Waals surface area contributed by atoms with Gasteiger partial charge >= 0.3 is 6.16 Å². The molecule has 0 fully saturated rings. The fourth-order valence-electron chi connectivity index (χ4n) is 2.63. The van der Waals surface area contributed by atoms with E-state index in [0.29, 0.717) is 21.7 Å². The van der Waals surface area contributed by atoms with Crippen molar-refractivity contribution in [2.24, 2.45) is 0 Å². The van der Waals surface area contributed by atoms with Gasteiger partial charge in [-0.15, -0.1) is 0 Å². The predicted molar refractivity (Wildman–Crippen MR) is 107 cm³/mol. The summed E-state index contributed by atoms with van der Waals surface area (Å²) in [5.74, 6) is -0.287. The number of anilines is 1. The van der Waals surface area contributed by atoms with Crippen LogP contribution in [0.3, 0.4) is 0 Å². The quantitative estimate of drug-likeness (QED) is 0.636. The molecule has 1 amide bonds. The van der Waals surface area contributed by atoms with Gasteiger partial charge in [0, 0.05) is 17.5 Å². The molecule has 7 heteroatoms. The van der Waals surface area contributed by atoms with E-state index in [2.05, 4.69) is 6.07 Å². The predicted octanol–water partition coefficient (Wildman–Crippen LogP) is 4.93. The monoisotopic (exact) mass is 392 g/mol. The van der Waals surface area contributed by atoms with Gasteiger partial charge in [-0.1, -0.05) is 41.2 Å². The van der Waals surface area contributed by atoms with E-state index in [1.165, 1.54) is 4.90 Å². The number of carboxylic acid groups (broad SMARTS) is 1. The van der Waals surface area contributed by atoms with Gasteiger partial charge in [0.15, 0.2) is 0 Å². The van der Waals surface area contributed by atoms with Crippen LogP contribution in [-0.2, 0) is 0 Å². The molecule has 3 rings (SSSR count). The molecule has 0 bridgehead atoms. The number of hydrogen-bond acceptors (Lipinski definition) is 5. The van der Waals surface area contributed by atoms with Crippen LogP contribution in [0.2, 0.25) is 0 Å². The number of amides is 1. The number of carbonyl (C=O) groups excluding carboxylic acids is 1. The molecule has 0 spiro atoms. The molecule has 1 heterocycles. The molecule has 6 nitrogen and oxygen atoms in total. The maximum Gasteiger partial charge on any atom is 0.512 e. The lowest BCUT2D eigenvalue weighted by atomic mass is 10.1. The van der Waals surface area contributed by atoms with E-state index in [9.17, 15) is 9.59 Å². The van der Waals surface area contributed by atoms with Crippen molar-refractivity contribution in [1.82, 2.24) is 0 Å². The van der Waals surface area contributed by atoms with Gasteiger partial charge in [-0.2, -0.15) is 5.26 Å². The van der Waals surface area contributed by atoms with Gasteiger partial charge in [0.05, 0.1) is 17.3 Å². The number of carbonyl (C=O) groups is 2. The maximum absolute atomic E-state index is 12.8. The summed E-state index contributed by atoms with van der Waals surface area (Å²) in [6.45, 7) is 1.93. The molecule has 1 N–H and O–H groups in total. The van der Waals surface area contributed by atoms with Crippen molar-refractivity contribution >= 4 is 29.1 Å². The van der Waals surface area contributed by atoms with Crippen molar-refractivity contribution in [1.29, 1.82) is 5.26 Å². The van der Waals surface area contributed by atoms with E-state index in [-0.39, 0.29) is 11.0 Å². The first-order valence-corrected chi connectivity index (χ1v) is 9.10. The zero-order valence-electron chi connectivity index (χ0n) is 15.2. The molecule has 0 aliphatic heterocycles. The van der Waals surface area contributed by atoms with Crippen LogP contribution in [0.4, 0.5) is 10.5 Å². The normalized spacial score (nSPS) is 10.2. The van der Waals surface area contributed by atoms with Crippen molar-refractivity contribution in [3.8, 4) is 21.6 Å². The Labute approximate surface area is 165 Å². The number of nitriles is 1. The second-order valence-electron chi connectivity index (χ2n) is 6.07. The summed E-state index contributed by atoms with van der Waals surface area (Å²) in [7, 11) is 1.56. The Morgan fingerprint density at radius 1 is 1.14 bits per heavy atom. The Bertz CT molecular complexity index is 1080. The van der Waals surface area contributed by atoms with Crippen molar-refractivity contribution < 1.29 is 19.4 Å². The third kappa shape index (κ3) is 4.03. The summed E-state index contributed by atoms with van der Waals surface area (Å²) in [5, 5.41) is 18.2. The Kier molecular flexibility index (Phi) is 5.43. The third-order valence-electron chi connectivity index (χ3n) is 4.10. The Hall–Kier alpha value is -3.63. The third-order valence-corrected chi connectivity index (χ3v) is 5.15. The van der Waals surface area contributed by atoms with Crippen LogP contribution in [-0.4, -0.2) is 24.2 Å². The van der Waals surface area contributed by atoms with Crippen molar-refractivity contribution in [3.05, 3.63) is 71.3 Å². The number of aryl methyl sites for hydroxylation is 1. The molecule has 0 radical (unpaired) electrons. The van der Waals surface area contributed by atoms with Gasteiger partial charge in [0.25, 0.3) is 5.91 Å². The molecule has 0 saturated carbocycles. The molecule has 2 aromatic carbocycles. The summed E-state index contributed by atoms with van der Waals surface area (Å²) in [5.41, 5.74) is 3.08. The summed E-state index contributed by atoms with van der Waals surface area (Å²) >= 11 is 1.10. The van der Waals surface area contributed by atoms with E-state index >= 15 is 0 Å². The highest BCUT2D eigenvalue weighted by molar-refractivity contribution is 7.18. The molecule has 0 aliphatic rings. The summed E-state index contributed by atoms with van der Waals surface area (Å²) < 4.78 is 4.91. The summed E-state index contributed by atoms with van der Waals surface area (Å²) in [4.78, 5) is 26.0. The average molecular weight is 392 g/mol. The zero-order chi connectivity index (χ0) is 20.3. The number of hydrogen-bond donors (Lipinski definition) is 1. The fourth-order valence-corrected chi connectivity index (χ4v) is 3.66. The van der Waals surface area contributed by atoms with Crippen LogP contribution in [0, 0.1) is 18.3 Å². The Morgan fingerprint density at radius 3 is 2.50 bits per heavy atom. The highest BCUT2D eigenvalue weighted by Gasteiger charge is 2.22. The highest BCUT2D eigenvalue weighted by Crippen LogP contribution is 2.43. The molecule has 0 unspecified atom stereocenters. The Balaban J connectivity index is 2.01. The summed E-state index contributed by atoms with van der Waals surface area (Å²) in [6.07, 6.45) is -1.46. The van der Waals surface area contributed by atoms with Gasteiger partial charge in [-0.3, -0.25) is 4.79 Å². The molecule has 28 heavy (non-hydrogen) atoms. The van der Waals surface area contributed by atoms with Gasteiger partial charge in [0.1, 0.15) is 0 Å². The van der Waals surface area contributed by atoms with Gasteiger partial charge < -0.3 is 14.7 Å². The molecular weight excluding hydrogens is 376 g/mol. The molecule has 3 aromatic rings. The van der Waals surface area contributed by atoms with E-state index in [1.807, 2.05) is 25.1 Å². The SMILES string of the molecule is Cc1ccc(C(=O)N(C)c2cc(-c3cccc(C#N)c3)sc2OC(=O)O)cc1. The minimum absolute atomic E-state index is 0.0906. The van der Waals surface area contributed by atoms with Crippen LogP contribution in [0.15, 0.2) is 54.6 Å². The van der Waals surface area contributed by atoms with Crippen LogP contribution in [0.25, 0.3) is 10.4 Å². The lowest BCUT2D eigenvalue weighted by Crippen LogP contribution is -2.26. The smallest absolute Gasteiger partial charge is 0.449 e. The number of rotatable bonds is 4. The number of benzene rings is 2. The van der Waals surface area contributed by atoms with E-state index < -0.39 is 6.16 Å². The van der Waals surface area contributed by atoms with Crippen molar-refractivity contribution in [2.75, 3.05) is 11.9 Å². The highest BCUT2D eigenvalue weighted by atomic mass is 32.1. The maximum atomic E-state index is 12.8. The topological polar surface area (TPSA) is 90.6 Å². The average Bonchev–Trinajstić information content (AvgIpc) is 3.10. The number of thiophene rings is 1. The van der Waals surface area contributed by atoms with Crippen molar-refractivity contribution in [2.45, 2.75) is 6.92 Å². The van der Waals surface area contributed by atoms with Gasteiger partial charge in [-0.05, 0) is 42.8 Å². The number of ether oxygens (including phenoxy) is 1. The van der Waals surface area contributed by atoms with Crippen LogP contribution >= 0.6 is 11.3 Å². The second-order valence-corrected chi connectivity index (χ2v) is 7.09. The molecule has 1 aromatic heterocycles. The van der Waals surface area contributed by atoms with Gasteiger partial charge in [0.2, 0.25) is 5.06 Å². The lowest BCUT2D eigenvalue weighted by Gasteiger charge is -2.17. The Morgan fingerprint density at radius 2 is 1.86 bits per heavy atom. The minimum Gasteiger partial charge on any atom is -0.449 e. The van der Waals surface area contributed by atoms with Crippen LogP contribution in [0.1, 0.15) is 21.5 Å². The summed E-state index contributed by atoms with van der Waals surface area (Å²) in [6, 6.07) is 17.8. The van der Waals surface area contributed by atoms with E-state index in [4.69, 9.17) is 15.1 Å². The van der Waals surface area contributed by atoms with E-state index in [0.717, 1.165) is 22.5 Å². The standard InChI is InChI=1S/C21H16N2O4S/c1-13-6-8-15(9-7-13)19(24)23(2)17-11-18(28-20(17)27-21(25)26)16-5-3-4-14(10-16)12-22/h3-11H,1-2H3,(H,25,26). The molecule has 0 saturated heterocycles. The van der Waals surface area contributed by atoms with Gasteiger partial charge in [-0.25, -0.2) is 4.79 Å². The first kappa shape index (κ1) is 19.1.